The molecular weight excluding hydrogens is 454 g/mol. The summed E-state index contributed by atoms with van der Waals surface area (Å²) in [7, 11) is 0. The molecule has 35 heavy (non-hydrogen) atoms. The first-order valence-corrected chi connectivity index (χ1v) is 11.6. The van der Waals surface area contributed by atoms with E-state index in [2.05, 4.69) is 5.32 Å². The van der Waals surface area contributed by atoms with Gasteiger partial charge < -0.3 is 14.8 Å². The Morgan fingerprint density at radius 3 is 2.57 bits per heavy atom. The number of rotatable bonds is 6. The van der Waals surface area contributed by atoms with Gasteiger partial charge in [-0.25, -0.2) is 4.79 Å². The number of carbonyl (C=O) groups is 3. The Labute approximate surface area is 200 Å². The lowest BCUT2D eigenvalue weighted by atomic mass is 9.83. The minimum absolute atomic E-state index is 0.0128. The molecule has 2 fully saturated rings. The summed E-state index contributed by atoms with van der Waals surface area (Å²) < 4.78 is 1.46. The zero-order chi connectivity index (χ0) is 24.7. The molecule has 2 saturated heterocycles. The first-order valence-electron chi connectivity index (χ1n) is 11.6. The Bertz CT molecular complexity index is 1260. The van der Waals surface area contributed by atoms with E-state index in [9.17, 15) is 29.3 Å². The SMILES string of the molecule is O=C(CC1NC(=O)N(CCc2ccccc2)C1=O)N1C[C@H]2C[C@@H](C1)c1ccc([N+](=O)[O-])c(=O)n1C2. The zero-order valence-electron chi connectivity index (χ0n) is 19.0. The maximum Gasteiger partial charge on any atom is 0.334 e. The molecule has 0 saturated carbocycles. The van der Waals surface area contributed by atoms with E-state index in [-0.39, 0.29) is 30.7 Å². The molecule has 4 heterocycles. The van der Waals surface area contributed by atoms with Gasteiger partial charge in [0.1, 0.15) is 6.04 Å². The molecule has 4 amide bonds. The molecule has 5 rings (SSSR count). The van der Waals surface area contributed by atoms with E-state index < -0.39 is 34.2 Å². The second kappa shape index (κ2) is 8.97. The van der Waals surface area contributed by atoms with Crippen LogP contribution in [-0.4, -0.2) is 62.8 Å². The van der Waals surface area contributed by atoms with Gasteiger partial charge in [-0.1, -0.05) is 30.3 Å². The van der Waals surface area contributed by atoms with Gasteiger partial charge in [-0.3, -0.25) is 29.4 Å². The summed E-state index contributed by atoms with van der Waals surface area (Å²) in [6.07, 6.45) is 1.19. The lowest BCUT2D eigenvalue weighted by molar-refractivity contribution is -0.386. The molecule has 1 N–H and O–H groups in total. The molecule has 0 aliphatic carbocycles. The number of aromatic nitrogens is 1. The second-order valence-electron chi connectivity index (χ2n) is 9.35. The molecular formula is C24H25N5O6. The standard InChI is InChI=1S/C24H25N5O6/c30-21(11-18-22(31)27(24(33)25-18)9-8-15-4-2-1-3-5-15)26-12-16-10-17(14-26)19-6-7-20(29(34)35)23(32)28(19)13-16/h1-7,16-18H,8-14H2,(H,25,33)/t16-,17+,18?/m1/s1. The number of nitrogens with zero attached hydrogens (tertiary/aromatic N) is 4. The Morgan fingerprint density at radius 1 is 1.06 bits per heavy atom. The number of carbonyl (C=O) groups excluding carboxylic acids is 3. The number of hydrogen-bond acceptors (Lipinski definition) is 6. The van der Waals surface area contributed by atoms with Crippen molar-refractivity contribution in [3.63, 3.8) is 0 Å². The smallest absolute Gasteiger partial charge is 0.334 e. The van der Waals surface area contributed by atoms with Crippen LogP contribution in [-0.2, 0) is 22.6 Å². The van der Waals surface area contributed by atoms with Crippen LogP contribution in [0.2, 0.25) is 0 Å². The van der Waals surface area contributed by atoms with Gasteiger partial charge in [-0.2, -0.15) is 0 Å². The monoisotopic (exact) mass is 479 g/mol. The highest BCUT2D eigenvalue weighted by Gasteiger charge is 2.42. The predicted octanol–water partition coefficient (Wildman–Crippen LogP) is 1.26. The van der Waals surface area contributed by atoms with Gasteiger partial charge >= 0.3 is 17.3 Å². The van der Waals surface area contributed by atoms with Crippen molar-refractivity contribution in [1.82, 2.24) is 19.7 Å². The number of pyridine rings is 1. The number of fused-ring (bicyclic) bond motifs is 4. The van der Waals surface area contributed by atoms with Gasteiger partial charge in [-0.05, 0) is 30.4 Å². The zero-order valence-corrected chi connectivity index (χ0v) is 19.0. The molecule has 3 aliphatic heterocycles. The minimum atomic E-state index is -0.898. The van der Waals surface area contributed by atoms with Gasteiger partial charge in [0.25, 0.3) is 5.91 Å². The lowest BCUT2D eigenvalue weighted by Crippen LogP contribution is -2.50. The van der Waals surface area contributed by atoms with Gasteiger partial charge in [0, 0.05) is 43.9 Å². The number of piperidine rings is 1. The Morgan fingerprint density at radius 2 is 1.83 bits per heavy atom. The van der Waals surface area contributed by atoms with E-state index in [4.69, 9.17) is 0 Å². The van der Waals surface area contributed by atoms with Crippen molar-refractivity contribution in [1.29, 1.82) is 0 Å². The first kappa shape index (κ1) is 22.8. The third-order valence-electron chi connectivity index (χ3n) is 7.09. The molecule has 0 spiro atoms. The van der Waals surface area contributed by atoms with Crippen molar-refractivity contribution < 1.29 is 19.3 Å². The van der Waals surface area contributed by atoms with Crippen LogP contribution in [0.15, 0.2) is 47.3 Å². The van der Waals surface area contributed by atoms with E-state index in [1.165, 1.54) is 10.6 Å². The Balaban J connectivity index is 1.23. The quantitative estimate of drug-likeness (QED) is 0.376. The van der Waals surface area contributed by atoms with E-state index in [1.54, 1.807) is 11.0 Å². The van der Waals surface area contributed by atoms with Crippen LogP contribution in [0.5, 0.6) is 0 Å². The van der Waals surface area contributed by atoms with Crippen LogP contribution in [0.1, 0.15) is 30.0 Å². The molecule has 1 aromatic heterocycles. The van der Waals surface area contributed by atoms with Crippen LogP contribution in [0.3, 0.4) is 0 Å². The third kappa shape index (κ3) is 4.29. The van der Waals surface area contributed by atoms with E-state index in [0.29, 0.717) is 31.7 Å². The van der Waals surface area contributed by atoms with Gasteiger partial charge in [0.05, 0.1) is 11.3 Å². The van der Waals surface area contributed by atoms with E-state index in [1.807, 2.05) is 30.3 Å². The van der Waals surface area contributed by atoms with Crippen molar-refractivity contribution >= 4 is 23.5 Å². The normalized spacial score (nSPS) is 23.1. The molecule has 3 atom stereocenters. The van der Waals surface area contributed by atoms with Crippen molar-refractivity contribution in [3.8, 4) is 0 Å². The first-order chi connectivity index (χ1) is 16.8. The minimum Gasteiger partial charge on any atom is -0.342 e. The summed E-state index contributed by atoms with van der Waals surface area (Å²) in [5.41, 5.74) is 0.634. The fraction of sp³-hybridized carbons (Fsp3) is 0.417. The fourth-order valence-electron chi connectivity index (χ4n) is 5.39. The molecule has 182 valence electrons. The van der Waals surface area contributed by atoms with Crippen molar-refractivity contribution in [2.45, 2.75) is 37.8 Å². The average Bonchev–Trinajstić information content (AvgIpc) is 3.10. The maximum absolute atomic E-state index is 13.1. The summed E-state index contributed by atoms with van der Waals surface area (Å²) in [4.78, 5) is 64.1. The van der Waals surface area contributed by atoms with Gasteiger partial charge in [0.2, 0.25) is 5.91 Å². The predicted molar refractivity (Wildman–Crippen MR) is 124 cm³/mol. The number of nitrogens with one attached hydrogen (secondary N) is 1. The number of amides is 4. The number of nitro groups is 1. The lowest BCUT2D eigenvalue weighted by Gasteiger charge is -2.42. The summed E-state index contributed by atoms with van der Waals surface area (Å²) in [6.45, 7) is 1.31. The number of benzene rings is 1. The van der Waals surface area contributed by atoms with Gasteiger partial charge in [-0.15, -0.1) is 0 Å². The van der Waals surface area contributed by atoms with E-state index >= 15 is 0 Å². The number of imide groups is 1. The number of hydrogen-bond donors (Lipinski definition) is 1. The molecule has 2 bridgehead atoms. The highest BCUT2D eigenvalue weighted by molar-refractivity contribution is 6.05. The molecule has 2 aromatic rings. The Kier molecular flexibility index (Phi) is 5.83. The van der Waals surface area contributed by atoms with Crippen LogP contribution in [0, 0.1) is 16.0 Å². The van der Waals surface area contributed by atoms with Crippen molar-refractivity contribution in [3.05, 3.63) is 74.2 Å². The Hall–Kier alpha value is -4.02. The second-order valence-corrected chi connectivity index (χ2v) is 9.35. The maximum atomic E-state index is 13.1. The summed E-state index contributed by atoms with van der Waals surface area (Å²) in [5, 5.41) is 13.8. The third-order valence-corrected chi connectivity index (χ3v) is 7.09. The van der Waals surface area contributed by atoms with E-state index in [0.717, 1.165) is 16.9 Å². The van der Waals surface area contributed by atoms with Crippen molar-refractivity contribution in [2.24, 2.45) is 5.92 Å². The topological polar surface area (TPSA) is 135 Å². The number of urea groups is 1. The van der Waals surface area contributed by atoms with Crippen LogP contribution in [0.25, 0.3) is 0 Å². The highest BCUT2D eigenvalue weighted by Crippen LogP contribution is 2.36. The molecule has 11 heteroatoms. The molecule has 1 aromatic carbocycles. The molecule has 3 aliphatic rings. The summed E-state index contributed by atoms with van der Waals surface area (Å²) >= 11 is 0. The summed E-state index contributed by atoms with van der Waals surface area (Å²) in [5.74, 6) is -0.765. The number of likely N-dealkylation sites (tertiary alicyclic amines) is 1. The highest BCUT2D eigenvalue weighted by atomic mass is 16.6. The summed E-state index contributed by atoms with van der Waals surface area (Å²) in [6, 6.07) is 11.0. The molecule has 0 radical (unpaired) electrons. The van der Waals surface area contributed by atoms with Crippen molar-refractivity contribution in [2.75, 3.05) is 19.6 Å². The largest absolute Gasteiger partial charge is 0.342 e. The van der Waals surface area contributed by atoms with Crippen LogP contribution in [0.4, 0.5) is 10.5 Å². The van der Waals surface area contributed by atoms with Crippen LogP contribution < -0.4 is 10.9 Å². The fourth-order valence-corrected chi connectivity index (χ4v) is 5.39. The molecule has 1 unspecified atom stereocenters. The van der Waals surface area contributed by atoms with Crippen LogP contribution >= 0.6 is 0 Å². The average molecular weight is 479 g/mol. The molecule has 11 nitrogen and oxygen atoms in total. The van der Waals surface area contributed by atoms with Gasteiger partial charge in [0.15, 0.2) is 0 Å².